The summed E-state index contributed by atoms with van der Waals surface area (Å²) in [5.41, 5.74) is 2.71. The molecule has 1 aliphatic carbocycles. The summed E-state index contributed by atoms with van der Waals surface area (Å²) in [5.74, 6) is 0. The summed E-state index contributed by atoms with van der Waals surface area (Å²) in [6.07, 6.45) is 4.40. The average Bonchev–Trinajstić information content (AvgIpc) is 2.62. The van der Waals surface area contributed by atoms with E-state index in [-0.39, 0.29) is 17.6 Å². The van der Waals surface area contributed by atoms with E-state index in [2.05, 4.69) is 53.6 Å². The minimum Gasteiger partial charge on any atom is -0.391 e. The molecule has 0 saturated heterocycles. The lowest BCUT2D eigenvalue weighted by atomic mass is 9.92. The van der Waals surface area contributed by atoms with Crippen molar-refractivity contribution in [3.8, 4) is 0 Å². The topological polar surface area (TPSA) is 64.6 Å². The molecule has 0 radical (unpaired) electrons. The molecule has 1 aromatic carbocycles. The molecular weight excluding hydrogens is 314 g/mol. The molecule has 2 aliphatic rings. The van der Waals surface area contributed by atoms with Crippen molar-refractivity contribution in [1.29, 1.82) is 0 Å². The van der Waals surface area contributed by atoms with Gasteiger partial charge >= 0.3 is 6.03 Å². The zero-order chi connectivity index (χ0) is 17.9. The Kier molecular flexibility index (Phi) is 5.64. The van der Waals surface area contributed by atoms with Crippen LogP contribution in [-0.4, -0.2) is 46.8 Å². The van der Waals surface area contributed by atoms with Gasteiger partial charge in [-0.25, -0.2) is 4.79 Å². The molecule has 2 unspecified atom stereocenters. The Balaban J connectivity index is 1.51. The van der Waals surface area contributed by atoms with Crippen LogP contribution in [0.5, 0.6) is 0 Å². The molecule has 3 rings (SSSR count). The van der Waals surface area contributed by atoms with Crippen molar-refractivity contribution < 1.29 is 9.90 Å². The predicted molar refractivity (Wildman–Crippen MR) is 99.4 cm³/mol. The van der Waals surface area contributed by atoms with E-state index < -0.39 is 6.10 Å². The molecule has 1 aromatic rings. The van der Waals surface area contributed by atoms with Gasteiger partial charge in [0, 0.05) is 25.2 Å². The molecule has 1 saturated carbocycles. The second kappa shape index (κ2) is 7.75. The van der Waals surface area contributed by atoms with Crippen molar-refractivity contribution in [2.45, 2.75) is 70.2 Å². The molecule has 0 spiro atoms. The van der Waals surface area contributed by atoms with Crippen molar-refractivity contribution in [2.24, 2.45) is 0 Å². The van der Waals surface area contributed by atoms with Crippen LogP contribution in [0, 0.1) is 0 Å². The number of hydrogen-bond donors (Lipinski definition) is 3. The first-order chi connectivity index (χ1) is 12.0. The zero-order valence-corrected chi connectivity index (χ0v) is 15.4. The number of nitrogens with one attached hydrogen (secondary N) is 2. The van der Waals surface area contributed by atoms with E-state index in [0.29, 0.717) is 6.54 Å². The van der Waals surface area contributed by atoms with Gasteiger partial charge in [0.25, 0.3) is 0 Å². The third kappa shape index (κ3) is 4.53. The molecule has 1 aliphatic heterocycles. The summed E-state index contributed by atoms with van der Waals surface area (Å²) < 4.78 is 0. The number of nitrogens with zero attached hydrogens (tertiary/aromatic N) is 1. The molecule has 3 N–H and O–H groups in total. The maximum Gasteiger partial charge on any atom is 0.315 e. The number of hydrogen-bond acceptors (Lipinski definition) is 3. The molecule has 2 amide bonds. The molecule has 1 fully saturated rings. The zero-order valence-electron chi connectivity index (χ0n) is 15.4. The van der Waals surface area contributed by atoms with Crippen LogP contribution >= 0.6 is 0 Å². The first kappa shape index (κ1) is 18.2. The highest BCUT2D eigenvalue weighted by atomic mass is 16.3. The van der Waals surface area contributed by atoms with Crippen LogP contribution in [-0.2, 0) is 13.0 Å². The van der Waals surface area contributed by atoms with Gasteiger partial charge in [0.2, 0.25) is 0 Å². The Morgan fingerprint density at radius 3 is 2.72 bits per heavy atom. The van der Waals surface area contributed by atoms with E-state index in [0.717, 1.165) is 45.2 Å². The van der Waals surface area contributed by atoms with Crippen LogP contribution in [0.3, 0.4) is 0 Å². The highest BCUT2D eigenvalue weighted by molar-refractivity contribution is 5.74. The largest absolute Gasteiger partial charge is 0.391 e. The van der Waals surface area contributed by atoms with Gasteiger partial charge in [0.1, 0.15) is 0 Å². The van der Waals surface area contributed by atoms with Gasteiger partial charge in [0.05, 0.1) is 12.1 Å². The number of aliphatic hydroxyl groups is 1. The molecule has 0 bridgehead atoms. The fourth-order valence-electron chi connectivity index (χ4n) is 3.92. The van der Waals surface area contributed by atoms with Crippen LogP contribution < -0.4 is 10.6 Å². The van der Waals surface area contributed by atoms with Crippen molar-refractivity contribution in [3.05, 3.63) is 35.4 Å². The number of amides is 2. The van der Waals surface area contributed by atoms with E-state index in [1.54, 1.807) is 0 Å². The third-order valence-corrected chi connectivity index (χ3v) is 5.71. The van der Waals surface area contributed by atoms with Crippen molar-refractivity contribution >= 4 is 6.03 Å². The smallest absolute Gasteiger partial charge is 0.315 e. The Hall–Kier alpha value is -1.59. The number of urea groups is 1. The van der Waals surface area contributed by atoms with Gasteiger partial charge in [-0.3, -0.25) is 4.90 Å². The Morgan fingerprint density at radius 2 is 1.96 bits per heavy atom. The summed E-state index contributed by atoms with van der Waals surface area (Å²) in [4.78, 5) is 14.7. The first-order valence-electron chi connectivity index (χ1n) is 9.50. The van der Waals surface area contributed by atoms with E-state index in [1.807, 2.05) is 0 Å². The minimum absolute atomic E-state index is 0.112. The lowest BCUT2D eigenvalue weighted by molar-refractivity contribution is 0.0904. The monoisotopic (exact) mass is 345 g/mol. The van der Waals surface area contributed by atoms with Crippen molar-refractivity contribution in [2.75, 3.05) is 13.1 Å². The van der Waals surface area contributed by atoms with E-state index >= 15 is 0 Å². The van der Waals surface area contributed by atoms with Gasteiger partial charge in [0.15, 0.2) is 0 Å². The molecule has 1 heterocycles. The lowest BCUT2D eigenvalue weighted by Gasteiger charge is -2.41. The van der Waals surface area contributed by atoms with E-state index in [1.165, 1.54) is 11.1 Å². The highest BCUT2D eigenvalue weighted by Gasteiger charge is 2.31. The molecule has 5 heteroatoms. The van der Waals surface area contributed by atoms with Crippen LogP contribution in [0.1, 0.15) is 50.7 Å². The number of carbonyl (C=O) groups excluding carboxylic acids is 1. The van der Waals surface area contributed by atoms with Crippen LogP contribution in [0.4, 0.5) is 4.79 Å². The summed E-state index contributed by atoms with van der Waals surface area (Å²) in [7, 11) is 0. The highest BCUT2D eigenvalue weighted by Crippen LogP contribution is 2.25. The average molecular weight is 345 g/mol. The second-order valence-electron chi connectivity index (χ2n) is 8.04. The lowest BCUT2D eigenvalue weighted by Crippen LogP contribution is -2.56. The standard InChI is InChI=1S/C20H31N3O2/c1-20(2,23-12-11-15-7-3-4-8-16(15)13-23)14-21-19(25)22-17-9-5-6-10-18(17)24/h3-4,7-8,17-18,24H,5-6,9-14H2,1-2H3,(H2,21,22,25). The quantitative estimate of drug-likeness (QED) is 0.785. The second-order valence-corrected chi connectivity index (χ2v) is 8.04. The number of fused-ring (bicyclic) bond motifs is 1. The maximum atomic E-state index is 12.2. The summed E-state index contributed by atoms with van der Waals surface area (Å²) in [6, 6.07) is 8.32. The molecule has 0 aromatic heterocycles. The summed E-state index contributed by atoms with van der Waals surface area (Å²) in [5, 5.41) is 15.9. The first-order valence-corrected chi connectivity index (χ1v) is 9.50. The molecule has 5 nitrogen and oxygen atoms in total. The van der Waals surface area contributed by atoms with E-state index in [9.17, 15) is 9.90 Å². The third-order valence-electron chi connectivity index (χ3n) is 5.71. The molecular formula is C20H31N3O2. The fourth-order valence-corrected chi connectivity index (χ4v) is 3.92. The summed E-state index contributed by atoms with van der Waals surface area (Å²) in [6.45, 7) is 6.87. The molecule has 25 heavy (non-hydrogen) atoms. The van der Waals surface area contributed by atoms with Gasteiger partial charge in [-0.05, 0) is 44.2 Å². The maximum absolute atomic E-state index is 12.2. The molecule has 2 atom stereocenters. The van der Waals surface area contributed by atoms with Crippen molar-refractivity contribution in [1.82, 2.24) is 15.5 Å². The van der Waals surface area contributed by atoms with Crippen LogP contribution in [0.2, 0.25) is 0 Å². The molecule has 138 valence electrons. The number of carbonyl (C=O) groups is 1. The van der Waals surface area contributed by atoms with Gasteiger partial charge in [-0.2, -0.15) is 0 Å². The van der Waals surface area contributed by atoms with Crippen molar-refractivity contribution in [3.63, 3.8) is 0 Å². The number of aliphatic hydroxyl groups excluding tert-OH is 1. The van der Waals surface area contributed by atoms with E-state index in [4.69, 9.17) is 0 Å². The number of rotatable bonds is 4. The Morgan fingerprint density at radius 1 is 1.24 bits per heavy atom. The fraction of sp³-hybridized carbons (Fsp3) is 0.650. The van der Waals surface area contributed by atoms with Gasteiger partial charge in [-0.1, -0.05) is 37.1 Å². The van der Waals surface area contributed by atoms with Gasteiger partial charge < -0.3 is 15.7 Å². The Labute approximate surface area is 150 Å². The normalized spacial score (nSPS) is 24.4. The van der Waals surface area contributed by atoms with Crippen LogP contribution in [0.25, 0.3) is 0 Å². The minimum atomic E-state index is -0.411. The predicted octanol–water partition coefficient (Wildman–Crippen LogP) is 2.43. The van der Waals surface area contributed by atoms with Crippen LogP contribution in [0.15, 0.2) is 24.3 Å². The SMILES string of the molecule is CC(C)(CNC(=O)NC1CCCCC1O)N1CCc2ccccc2C1. The van der Waals surface area contributed by atoms with Gasteiger partial charge in [-0.15, -0.1) is 0 Å². The summed E-state index contributed by atoms with van der Waals surface area (Å²) >= 11 is 0. The Bertz CT molecular complexity index is 602. The number of benzene rings is 1.